The van der Waals surface area contributed by atoms with Crippen LogP contribution in [0.5, 0.6) is 5.75 Å². The van der Waals surface area contributed by atoms with E-state index >= 15 is 0 Å². The molecule has 2 fully saturated rings. The Morgan fingerprint density at radius 2 is 1.80 bits per heavy atom. The molecule has 1 N–H and O–H groups in total. The molecule has 4 rings (SSSR count). The highest BCUT2D eigenvalue weighted by atomic mass is 35.5. The number of hydrogen-bond acceptors (Lipinski definition) is 4. The number of nitrogens with zero attached hydrogens (tertiary/aromatic N) is 1. The van der Waals surface area contributed by atoms with Crippen molar-refractivity contribution in [3.63, 3.8) is 0 Å². The van der Waals surface area contributed by atoms with Gasteiger partial charge in [0.1, 0.15) is 5.75 Å². The van der Waals surface area contributed by atoms with Crippen molar-refractivity contribution in [1.29, 1.82) is 0 Å². The second-order valence-electron chi connectivity index (χ2n) is 7.92. The van der Waals surface area contributed by atoms with E-state index in [9.17, 15) is 13.2 Å². The average molecular weight is 449 g/mol. The molecular weight excluding hydrogens is 424 g/mol. The van der Waals surface area contributed by atoms with Crippen molar-refractivity contribution in [2.24, 2.45) is 0 Å². The van der Waals surface area contributed by atoms with Crippen molar-refractivity contribution in [3.8, 4) is 5.75 Å². The van der Waals surface area contributed by atoms with Crippen molar-refractivity contribution in [3.05, 3.63) is 59.1 Å². The lowest BCUT2D eigenvalue weighted by molar-refractivity contribution is -0.124. The number of carbonyl (C=O) groups is 1. The molecule has 1 heterocycles. The van der Waals surface area contributed by atoms with Gasteiger partial charge in [-0.15, -0.1) is 0 Å². The first-order valence-corrected chi connectivity index (χ1v) is 11.9. The molecule has 0 spiro atoms. The molecule has 8 heteroatoms. The van der Waals surface area contributed by atoms with Crippen LogP contribution in [-0.2, 0) is 20.2 Å². The third-order valence-corrected chi connectivity index (χ3v) is 8.20. The van der Waals surface area contributed by atoms with Crippen LogP contribution in [-0.4, -0.2) is 44.9 Å². The van der Waals surface area contributed by atoms with Gasteiger partial charge < -0.3 is 10.1 Å². The van der Waals surface area contributed by atoms with E-state index in [2.05, 4.69) is 5.32 Å². The first-order valence-electron chi connectivity index (χ1n) is 10.1. The number of carbonyl (C=O) groups excluding carboxylic acids is 1. The van der Waals surface area contributed by atoms with Gasteiger partial charge in [-0.25, -0.2) is 8.42 Å². The molecule has 0 atom stereocenters. The number of sulfonamides is 1. The van der Waals surface area contributed by atoms with Crippen molar-refractivity contribution < 1.29 is 17.9 Å². The molecule has 1 saturated heterocycles. The smallest absolute Gasteiger partial charge is 0.243 e. The standard InChI is InChI=1S/C22H25ClN2O4S/c1-29-19-5-7-20(8-6-19)30(27,28)25-13-9-18(10-14-25)24-21(26)22(11-12-22)16-3-2-4-17(23)15-16/h2-8,15,18H,9-14H2,1H3,(H,24,26). The topological polar surface area (TPSA) is 75.7 Å². The maximum absolute atomic E-state index is 13.0. The zero-order chi connectivity index (χ0) is 21.4. The Hall–Kier alpha value is -2.09. The van der Waals surface area contributed by atoms with Crippen LogP contribution >= 0.6 is 11.6 Å². The number of halogens is 1. The SMILES string of the molecule is COc1ccc(S(=O)(=O)N2CCC(NC(=O)C3(c4cccc(Cl)c4)CC3)CC2)cc1. The Balaban J connectivity index is 1.37. The van der Waals surface area contributed by atoms with Crippen LogP contribution in [0.2, 0.25) is 5.02 Å². The number of nitrogens with one attached hydrogen (secondary N) is 1. The molecule has 1 aliphatic carbocycles. The van der Waals surface area contributed by atoms with Crippen LogP contribution in [0.3, 0.4) is 0 Å². The summed E-state index contributed by atoms with van der Waals surface area (Å²) in [6, 6.07) is 13.9. The minimum Gasteiger partial charge on any atom is -0.497 e. The van der Waals surface area contributed by atoms with E-state index < -0.39 is 15.4 Å². The van der Waals surface area contributed by atoms with Gasteiger partial charge in [0, 0.05) is 24.2 Å². The number of benzene rings is 2. The molecule has 0 unspecified atom stereocenters. The van der Waals surface area contributed by atoms with E-state index in [1.54, 1.807) is 37.4 Å². The Morgan fingerprint density at radius 3 is 2.37 bits per heavy atom. The molecule has 2 aliphatic rings. The number of methoxy groups -OCH3 is 1. The minimum absolute atomic E-state index is 0.0150. The van der Waals surface area contributed by atoms with Crippen LogP contribution in [0.25, 0.3) is 0 Å². The molecule has 0 bridgehead atoms. The summed E-state index contributed by atoms with van der Waals surface area (Å²) in [5.41, 5.74) is 0.462. The van der Waals surface area contributed by atoms with Gasteiger partial charge in [-0.3, -0.25) is 4.79 Å². The highest BCUT2D eigenvalue weighted by Crippen LogP contribution is 2.49. The zero-order valence-corrected chi connectivity index (χ0v) is 18.4. The van der Waals surface area contributed by atoms with Crippen LogP contribution in [0.1, 0.15) is 31.2 Å². The van der Waals surface area contributed by atoms with Gasteiger partial charge >= 0.3 is 0 Å². The molecular formula is C22H25ClN2O4S. The molecule has 2 aromatic carbocycles. The van der Waals surface area contributed by atoms with Crippen molar-refractivity contribution in [1.82, 2.24) is 9.62 Å². The van der Waals surface area contributed by atoms with Gasteiger partial charge in [-0.05, 0) is 67.6 Å². The fourth-order valence-electron chi connectivity index (χ4n) is 4.02. The van der Waals surface area contributed by atoms with E-state index in [0.29, 0.717) is 36.7 Å². The van der Waals surface area contributed by atoms with Gasteiger partial charge in [0.25, 0.3) is 0 Å². The summed E-state index contributed by atoms with van der Waals surface area (Å²) in [6.45, 7) is 0.757. The van der Waals surface area contributed by atoms with E-state index in [4.69, 9.17) is 16.3 Å². The van der Waals surface area contributed by atoms with Gasteiger partial charge in [0.15, 0.2) is 0 Å². The van der Waals surface area contributed by atoms with E-state index in [1.165, 1.54) is 4.31 Å². The summed E-state index contributed by atoms with van der Waals surface area (Å²) < 4.78 is 32.4. The predicted octanol–water partition coefficient (Wildman–Crippen LogP) is 3.35. The lowest BCUT2D eigenvalue weighted by atomic mass is 9.94. The summed E-state index contributed by atoms with van der Waals surface area (Å²) in [7, 11) is -2.01. The van der Waals surface area contributed by atoms with Crippen molar-refractivity contribution in [2.75, 3.05) is 20.2 Å². The molecule has 2 aromatic rings. The summed E-state index contributed by atoms with van der Waals surface area (Å²) in [5.74, 6) is 0.630. The third-order valence-electron chi connectivity index (χ3n) is 6.05. The second kappa shape index (κ2) is 8.21. The predicted molar refractivity (Wildman–Crippen MR) is 115 cm³/mol. The largest absolute Gasteiger partial charge is 0.497 e. The molecule has 6 nitrogen and oxygen atoms in total. The van der Waals surface area contributed by atoms with Crippen LogP contribution in [0.15, 0.2) is 53.4 Å². The van der Waals surface area contributed by atoms with Crippen molar-refractivity contribution >= 4 is 27.5 Å². The Kier molecular flexibility index (Phi) is 5.79. The molecule has 0 radical (unpaired) electrons. The molecule has 0 aromatic heterocycles. The summed E-state index contributed by atoms with van der Waals surface area (Å²) in [5, 5.41) is 3.77. The Morgan fingerprint density at radius 1 is 1.13 bits per heavy atom. The van der Waals surface area contributed by atoms with Gasteiger partial charge in [0.05, 0.1) is 17.4 Å². The molecule has 1 saturated carbocycles. The summed E-state index contributed by atoms with van der Waals surface area (Å²) in [4.78, 5) is 13.2. The van der Waals surface area contributed by atoms with E-state index in [0.717, 1.165) is 18.4 Å². The van der Waals surface area contributed by atoms with Crippen LogP contribution in [0.4, 0.5) is 0 Å². The molecule has 1 amide bonds. The van der Waals surface area contributed by atoms with Gasteiger partial charge in [0.2, 0.25) is 15.9 Å². The molecule has 160 valence electrons. The van der Waals surface area contributed by atoms with Gasteiger partial charge in [-0.1, -0.05) is 23.7 Å². The quantitative estimate of drug-likeness (QED) is 0.735. The zero-order valence-electron chi connectivity index (χ0n) is 16.8. The highest BCUT2D eigenvalue weighted by molar-refractivity contribution is 7.89. The van der Waals surface area contributed by atoms with Gasteiger partial charge in [-0.2, -0.15) is 4.31 Å². The number of ether oxygens (including phenoxy) is 1. The van der Waals surface area contributed by atoms with Crippen molar-refractivity contribution in [2.45, 2.75) is 42.0 Å². The fraction of sp³-hybridized carbons (Fsp3) is 0.409. The normalized spacial score (nSPS) is 19.3. The maximum Gasteiger partial charge on any atom is 0.243 e. The third kappa shape index (κ3) is 4.06. The number of rotatable bonds is 6. The van der Waals surface area contributed by atoms with Crippen LogP contribution < -0.4 is 10.1 Å². The maximum atomic E-state index is 13.0. The molecule has 1 aliphatic heterocycles. The highest BCUT2D eigenvalue weighted by Gasteiger charge is 2.51. The first kappa shape index (κ1) is 21.2. The monoisotopic (exact) mass is 448 g/mol. The number of hydrogen-bond donors (Lipinski definition) is 1. The van der Waals surface area contributed by atoms with Crippen LogP contribution in [0, 0.1) is 0 Å². The fourth-order valence-corrected chi connectivity index (χ4v) is 5.68. The second-order valence-corrected chi connectivity index (χ2v) is 10.3. The number of amides is 1. The first-order chi connectivity index (χ1) is 14.3. The lowest BCUT2D eigenvalue weighted by Crippen LogP contribution is -2.48. The molecule has 30 heavy (non-hydrogen) atoms. The average Bonchev–Trinajstić information content (AvgIpc) is 3.56. The lowest BCUT2D eigenvalue weighted by Gasteiger charge is -2.32. The van der Waals surface area contributed by atoms with E-state index in [1.807, 2.05) is 18.2 Å². The Bertz CT molecular complexity index is 1030. The summed E-state index contributed by atoms with van der Waals surface area (Å²) >= 11 is 6.10. The Labute approximate surface area is 182 Å². The summed E-state index contributed by atoms with van der Waals surface area (Å²) in [6.07, 6.45) is 2.80. The minimum atomic E-state index is -3.55. The number of piperidine rings is 1. The van der Waals surface area contributed by atoms with E-state index in [-0.39, 0.29) is 16.8 Å².